The number of benzene rings is 2. The first-order valence-corrected chi connectivity index (χ1v) is 6.35. The summed E-state index contributed by atoms with van der Waals surface area (Å²) in [5.74, 6) is 0.0622. The molecule has 2 nitrogen and oxygen atoms in total. The van der Waals surface area contributed by atoms with Crippen molar-refractivity contribution in [2.75, 3.05) is 0 Å². The number of hydrogen-bond donors (Lipinski definition) is 0. The van der Waals surface area contributed by atoms with Crippen molar-refractivity contribution in [1.82, 2.24) is 0 Å². The molecule has 0 aliphatic rings. The molecule has 2 aromatic rings. The number of hydrogen-bond acceptors (Lipinski definition) is 2. The highest BCUT2D eigenvalue weighted by Crippen LogP contribution is 2.19. The first-order chi connectivity index (χ1) is 8.16. The highest BCUT2D eigenvalue weighted by Gasteiger charge is 2.11. The Hall–Kier alpha value is -1.07. The van der Waals surface area contributed by atoms with E-state index < -0.39 is 5.97 Å². The van der Waals surface area contributed by atoms with Crippen molar-refractivity contribution in [1.29, 1.82) is 0 Å². The van der Waals surface area contributed by atoms with Crippen LogP contribution in [0.25, 0.3) is 0 Å². The minimum atomic E-state index is -0.447. The van der Waals surface area contributed by atoms with E-state index in [2.05, 4.69) is 22.6 Å². The predicted molar refractivity (Wildman–Crippen MR) is 75.6 cm³/mol. The average molecular weight is 359 g/mol. The molecular formula is C13H8ClIO2. The van der Waals surface area contributed by atoms with Crippen molar-refractivity contribution < 1.29 is 9.53 Å². The molecule has 86 valence electrons. The fraction of sp³-hybridized carbons (Fsp3) is 0. The maximum Gasteiger partial charge on any atom is 0.345 e. The van der Waals surface area contributed by atoms with Crippen molar-refractivity contribution in [3.63, 3.8) is 0 Å². The molecular weight excluding hydrogens is 350 g/mol. The molecule has 0 fully saturated rings. The van der Waals surface area contributed by atoms with Gasteiger partial charge in [-0.3, -0.25) is 0 Å². The van der Waals surface area contributed by atoms with Crippen molar-refractivity contribution in [3.8, 4) is 5.75 Å². The zero-order chi connectivity index (χ0) is 12.3. The van der Waals surface area contributed by atoms with Gasteiger partial charge in [0, 0.05) is 3.57 Å². The second kappa shape index (κ2) is 5.51. The molecule has 17 heavy (non-hydrogen) atoms. The molecule has 2 rings (SSSR count). The number of halogens is 2. The summed E-state index contributed by atoms with van der Waals surface area (Å²) in [5.41, 5.74) is 0.368. The number of ether oxygens (including phenoxy) is 1. The van der Waals surface area contributed by atoms with Gasteiger partial charge in [0.15, 0.2) is 0 Å². The summed E-state index contributed by atoms with van der Waals surface area (Å²) < 4.78 is 6.29. The van der Waals surface area contributed by atoms with Gasteiger partial charge in [0.25, 0.3) is 0 Å². The zero-order valence-corrected chi connectivity index (χ0v) is 11.6. The second-order valence-electron chi connectivity index (χ2n) is 3.32. The van der Waals surface area contributed by atoms with Crippen LogP contribution in [0, 0.1) is 3.57 Å². The maximum absolute atomic E-state index is 11.8. The molecule has 0 aliphatic heterocycles. The lowest BCUT2D eigenvalue weighted by Gasteiger charge is -2.05. The van der Waals surface area contributed by atoms with Gasteiger partial charge >= 0.3 is 5.97 Å². The largest absolute Gasteiger partial charge is 0.423 e. The zero-order valence-electron chi connectivity index (χ0n) is 8.69. The quantitative estimate of drug-likeness (QED) is 0.458. The monoisotopic (exact) mass is 358 g/mol. The van der Waals surface area contributed by atoms with E-state index in [1.807, 2.05) is 12.1 Å². The summed E-state index contributed by atoms with van der Waals surface area (Å²) in [5, 5.41) is 0.392. The lowest BCUT2D eigenvalue weighted by atomic mass is 10.2. The topological polar surface area (TPSA) is 26.3 Å². The smallest absolute Gasteiger partial charge is 0.345 e. The molecule has 0 N–H and O–H groups in total. The van der Waals surface area contributed by atoms with Crippen molar-refractivity contribution >= 4 is 40.2 Å². The normalized spacial score (nSPS) is 10.0. The minimum Gasteiger partial charge on any atom is -0.423 e. The summed E-state index contributed by atoms with van der Waals surface area (Å²) in [6.45, 7) is 0. The van der Waals surface area contributed by atoms with E-state index in [0.29, 0.717) is 16.3 Å². The Kier molecular flexibility index (Phi) is 4.02. The van der Waals surface area contributed by atoms with E-state index in [0.717, 1.165) is 3.57 Å². The van der Waals surface area contributed by atoms with Crippen LogP contribution >= 0.6 is 34.2 Å². The van der Waals surface area contributed by atoms with E-state index in [-0.39, 0.29) is 0 Å². The first kappa shape index (κ1) is 12.4. The summed E-state index contributed by atoms with van der Waals surface area (Å²) in [7, 11) is 0. The highest BCUT2D eigenvalue weighted by atomic mass is 127. The molecule has 0 saturated heterocycles. The van der Waals surface area contributed by atoms with Crippen molar-refractivity contribution in [2.24, 2.45) is 0 Å². The Morgan fingerprint density at radius 1 is 1.06 bits per heavy atom. The Morgan fingerprint density at radius 3 is 2.35 bits per heavy atom. The average Bonchev–Trinajstić information content (AvgIpc) is 2.32. The predicted octanol–water partition coefficient (Wildman–Crippen LogP) is 4.16. The van der Waals surface area contributed by atoms with Gasteiger partial charge in [-0.15, -0.1) is 0 Å². The van der Waals surface area contributed by atoms with Crippen LogP contribution in [-0.2, 0) is 0 Å². The molecule has 0 saturated carbocycles. The van der Waals surface area contributed by atoms with Crippen LogP contribution in [-0.4, -0.2) is 5.97 Å². The molecule has 0 atom stereocenters. The summed E-state index contributed by atoms with van der Waals surface area (Å²) in [6, 6.07) is 14.0. The highest BCUT2D eigenvalue weighted by molar-refractivity contribution is 14.1. The van der Waals surface area contributed by atoms with E-state index in [4.69, 9.17) is 16.3 Å². The molecule has 0 bridgehead atoms. The molecule has 0 heterocycles. The van der Waals surface area contributed by atoms with Crippen LogP contribution in [0.4, 0.5) is 0 Å². The molecule has 0 aromatic heterocycles. The Balaban J connectivity index is 2.17. The Labute approximate surface area is 118 Å². The molecule has 0 spiro atoms. The lowest BCUT2D eigenvalue weighted by molar-refractivity contribution is 0.0735. The van der Waals surface area contributed by atoms with E-state index >= 15 is 0 Å². The summed E-state index contributed by atoms with van der Waals surface area (Å²) in [4.78, 5) is 11.8. The molecule has 4 heteroatoms. The van der Waals surface area contributed by atoms with E-state index in [9.17, 15) is 4.79 Å². The van der Waals surface area contributed by atoms with Crippen LogP contribution in [0.3, 0.4) is 0 Å². The van der Waals surface area contributed by atoms with Crippen molar-refractivity contribution in [3.05, 3.63) is 62.7 Å². The second-order valence-corrected chi connectivity index (χ2v) is 4.98. The fourth-order valence-corrected chi connectivity index (χ4v) is 1.86. The summed E-state index contributed by atoms with van der Waals surface area (Å²) in [6.07, 6.45) is 0. The molecule has 0 radical (unpaired) electrons. The van der Waals surface area contributed by atoms with E-state index in [1.54, 1.807) is 36.4 Å². The minimum absolute atomic E-state index is 0.368. The Morgan fingerprint density at radius 2 is 1.71 bits per heavy atom. The summed E-state index contributed by atoms with van der Waals surface area (Å²) >= 11 is 8.09. The van der Waals surface area contributed by atoms with Crippen LogP contribution in [0.15, 0.2) is 48.5 Å². The van der Waals surface area contributed by atoms with Gasteiger partial charge in [0.2, 0.25) is 0 Å². The first-order valence-electron chi connectivity index (χ1n) is 4.89. The standard InChI is InChI=1S/C13H8ClIO2/c14-12-4-2-1-3-11(12)13(16)17-10-7-5-9(15)6-8-10/h1-8H. The number of carbonyl (C=O) groups is 1. The molecule has 0 amide bonds. The fourth-order valence-electron chi connectivity index (χ4n) is 1.29. The third kappa shape index (κ3) is 3.20. The van der Waals surface area contributed by atoms with Gasteiger partial charge in [-0.25, -0.2) is 4.79 Å². The van der Waals surface area contributed by atoms with Gasteiger partial charge < -0.3 is 4.74 Å². The SMILES string of the molecule is O=C(Oc1ccc(I)cc1)c1ccccc1Cl. The van der Waals surface area contributed by atoms with Crippen LogP contribution in [0.5, 0.6) is 5.75 Å². The van der Waals surface area contributed by atoms with Crippen LogP contribution < -0.4 is 4.74 Å². The van der Waals surface area contributed by atoms with Crippen molar-refractivity contribution in [2.45, 2.75) is 0 Å². The Bertz CT molecular complexity index is 537. The molecule has 2 aromatic carbocycles. The van der Waals surface area contributed by atoms with Gasteiger partial charge in [-0.2, -0.15) is 0 Å². The lowest BCUT2D eigenvalue weighted by Crippen LogP contribution is -2.08. The van der Waals surface area contributed by atoms with Gasteiger partial charge in [0.1, 0.15) is 5.75 Å². The van der Waals surface area contributed by atoms with Gasteiger partial charge in [0.05, 0.1) is 10.6 Å². The molecule has 0 unspecified atom stereocenters. The van der Waals surface area contributed by atoms with Crippen LogP contribution in [0.2, 0.25) is 5.02 Å². The number of esters is 1. The third-order valence-electron chi connectivity index (χ3n) is 2.12. The number of carbonyl (C=O) groups excluding carboxylic acids is 1. The number of rotatable bonds is 2. The third-order valence-corrected chi connectivity index (χ3v) is 3.17. The van der Waals surface area contributed by atoms with Gasteiger partial charge in [-0.05, 0) is 59.0 Å². The van der Waals surface area contributed by atoms with Crippen LogP contribution in [0.1, 0.15) is 10.4 Å². The molecule has 0 aliphatic carbocycles. The maximum atomic E-state index is 11.8. The van der Waals surface area contributed by atoms with Gasteiger partial charge in [-0.1, -0.05) is 23.7 Å². The van der Waals surface area contributed by atoms with E-state index in [1.165, 1.54) is 0 Å².